The van der Waals surface area contributed by atoms with E-state index in [0.29, 0.717) is 25.9 Å². The molecule has 1 fully saturated rings. The Hall–Kier alpha value is -3.12. The van der Waals surface area contributed by atoms with Gasteiger partial charge in [0.1, 0.15) is 11.5 Å². The van der Waals surface area contributed by atoms with Crippen LogP contribution in [0.4, 0.5) is 5.69 Å². The van der Waals surface area contributed by atoms with Crippen LogP contribution in [0.2, 0.25) is 0 Å². The summed E-state index contributed by atoms with van der Waals surface area (Å²) in [5, 5.41) is 1.91. The Labute approximate surface area is 180 Å². The van der Waals surface area contributed by atoms with Crippen molar-refractivity contribution in [3.05, 3.63) is 77.0 Å². The summed E-state index contributed by atoms with van der Waals surface area (Å²) in [4.78, 5) is 29.8. The Morgan fingerprint density at radius 3 is 2.23 bits per heavy atom. The monoisotopic (exact) mass is 420 g/mol. The van der Waals surface area contributed by atoms with Crippen LogP contribution in [0.15, 0.2) is 72.1 Å². The lowest BCUT2D eigenvalue weighted by atomic mass is 9.95. The van der Waals surface area contributed by atoms with Crippen molar-refractivity contribution in [3.63, 3.8) is 0 Å². The first-order valence-corrected chi connectivity index (χ1v) is 10.9. The number of carbonyl (C=O) groups is 2. The second-order valence-electron chi connectivity index (χ2n) is 7.35. The highest BCUT2D eigenvalue weighted by Crippen LogP contribution is 2.27. The molecule has 2 aromatic carbocycles. The molecule has 1 aliphatic heterocycles. The third kappa shape index (κ3) is 4.54. The number of piperidine rings is 1. The summed E-state index contributed by atoms with van der Waals surface area (Å²) < 4.78 is 5.81. The van der Waals surface area contributed by atoms with Crippen LogP contribution >= 0.6 is 11.3 Å². The molecule has 2 heterocycles. The van der Waals surface area contributed by atoms with Gasteiger partial charge in [-0.1, -0.05) is 24.3 Å². The predicted octanol–water partition coefficient (Wildman–Crippen LogP) is 5.06. The maximum Gasteiger partial charge on any atom is 0.263 e. The minimum absolute atomic E-state index is 0.0670. The molecule has 0 atom stereocenters. The number of thiophene rings is 1. The number of anilines is 1. The van der Waals surface area contributed by atoms with Crippen LogP contribution in [0.5, 0.6) is 11.5 Å². The second kappa shape index (κ2) is 9.13. The van der Waals surface area contributed by atoms with Crippen molar-refractivity contribution in [3.8, 4) is 11.5 Å². The molecule has 1 aromatic heterocycles. The normalized spacial score (nSPS) is 14.4. The highest BCUT2D eigenvalue weighted by atomic mass is 32.1. The number of hydrogen-bond donors (Lipinski definition) is 0. The van der Waals surface area contributed by atoms with Crippen LogP contribution in [0.3, 0.4) is 0 Å². The average molecular weight is 421 g/mol. The maximum absolute atomic E-state index is 13.0. The Bertz CT molecular complexity index is 979. The summed E-state index contributed by atoms with van der Waals surface area (Å²) >= 11 is 1.46. The number of benzene rings is 2. The van der Waals surface area contributed by atoms with Gasteiger partial charge in [0, 0.05) is 31.7 Å². The standard InChI is InChI=1S/C24H24N2O3S/c1-25(19-9-11-21(12-10-19)29-20-6-3-2-4-7-20)23(27)18-13-15-26(16-14-18)24(28)22-8-5-17-30-22/h2-12,17-18H,13-16H2,1H3. The molecule has 0 saturated carbocycles. The minimum atomic E-state index is -0.0670. The first-order valence-electron chi connectivity index (χ1n) is 10.0. The second-order valence-corrected chi connectivity index (χ2v) is 8.30. The fourth-order valence-electron chi connectivity index (χ4n) is 3.65. The summed E-state index contributed by atoms with van der Waals surface area (Å²) in [6.07, 6.45) is 1.38. The summed E-state index contributed by atoms with van der Waals surface area (Å²) in [6.45, 7) is 1.23. The molecule has 0 bridgehead atoms. The first kappa shape index (κ1) is 20.2. The van der Waals surface area contributed by atoms with Gasteiger partial charge in [-0.05, 0) is 60.7 Å². The van der Waals surface area contributed by atoms with Crippen LogP contribution in [-0.2, 0) is 4.79 Å². The van der Waals surface area contributed by atoms with Crippen molar-refractivity contribution in [2.24, 2.45) is 5.92 Å². The molecule has 5 nitrogen and oxygen atoms in total. The molecule has 154 valence electrons. The van der Waals surface area contributed by atoms with E-state index in [4.69, 9.17) is 4.74 Å². The van der Waals surface area contributed by atoms with Crippen molar-refractivity contribution < 1.29 is 14.3 Å². The quantitative estimate of drug-likeness (QED) is 0.580. The Morgan fingerprint density at radius 2 is 1.60 bits per heavy atom. The molecule has 3 aromatic rings. The van der Waals surface area contributed by atoms with Gasteiger partial charge in [0.25, 0.3) is 5.91 Å². The van der Waals surface area contributed by atoms with Crippen LogP contribution in [0.25, 0.3) is 0 Å². The maximum atomic E-state index is 13.0. The summed E-state index contributed by atoms with van der Waals surface area (Å²) in [5.74, 6) is 1.60. The molecule has 0 radical (unpaired) electrons. The fraction of sp³-hybridized carbons (Fsp3) is 0.250. The van der Waals surface area contributed by atoms with Gasteiger partial charge < -0.3 is 14.5 Å². The Balaban J connectivity index is 1.33. The van der Waals surface area contributed by atoms with Crippen molar-refractivity contribution >= 4 is 28.8 Å². The SMILES string of the molecule is CN(C(=O)C1CCN(C(=O)c2cccs2)CC1)c1ccc(Oc2ccccc2)cc1. The third-order valence-corrected chi connectivity index (χ3v) is 6.25. The lowest BCUT2D eigenvalue weighted by Crippen LogP contribution is -2.43. The Kier molecular flexibility index (Phi) is 6.14. The molecule has 4 rings (SSSR count). The molecular formula is C24H24N2O3S. The Morgan fingerprint density at radius 1 is 0.933 bits per heavy atom. The molecule has 1 aliphatic rings. The summed E-state index contributed by atoms with van der Waals surface area (Å²) in [5.41, 5.74) is 0.831. The van der Waals surface area contributed by atoms with E-state index in [1.807, 2.05) is 77.0 Å². The molecular weight excluding hydrogens is 396 g/mol. The molecule has 0 N–H and O–H groups in total. The fourth-order valence-corrected chi connectivity index (χ4v) is 4.34. The third-order valence-electron chi connectivity index (χ3n) is 5.40. The van der Waals surface area contributed by atoms with Crippen LogP contribution < -0.4 is 9.64 Å². The first-order chi connectivity index (χ1) is 14.6. The van der Waals surface area contributed by atoms with E-state index in [-0.39, 0.29) is 17.7 Å². The number of likely N-dealkylation sites (tertiary alicyclic amines) is 1. The van der Waals surface area contributed by atoms with Gasteiger partial charge >= 0.3 is 0 Å². The number of ether oxygens (including phenoxy) is 1. The number of amides is 2. The zero-order valence-corrected chi connectivity index (χ0v) is 17.7. The van der Waals surface area contributed by atoms with E-state index < -0.39 is 0 Å². The van der Waals surface area contributed by atoms with Crippen molar-refractivity contribution in [2.45, 2.75) is 12.8 Å². The van der Waals surface area contributed by atoms with Crippen LogP contribution in [-0.4, -0.2) is 36.9 Å². The molecule has 2 amide bonds. The average Bonchev–Trinajstić information content (AvgIpc) is 3.34. The van der Waals surface area contributed by atoms with E-state index >= 15 is 0 Å². The summed E-state index contributed by atoms with van der Waals surface area (Å²) in [7, 11) is 1.80. The number of hydrogen-bond acceptors (Lipinski definition) is 4. The largest absolute Gasteiger partial charge is 0.457 e. The zero-order valence-electron chi connectivity index (χ0n) is 16.9. The highest BCUT2D eigenvalue weighted by molar-refractivity contribution is 7.12. The number of rotatable bonds is 5. The van der Waals surface area contributed by atoms with Gasteiger partial charge in [-0.15, -0.1) is 11.3 Å². The number of nitrogens with zero attached hydrogens (tertiary/aromatic N) is 2. The van der Waals surface area contributed by atoms with Crippen molar-refractivity contribution in [1.29, 1.82) is 0 Å². The molecule has 6 heteroatoms. The van der Waals surface area contributed by atoms with E-state index in [1.54, 1.807) is 11.9 Å². The minimum Gasteiger partial charge on any atom is -0.457 e. The van der Waals surface area contributed by atoms with Crippen molar-refractivity contribution in [1.82, 2.24) is 4.90 Å². The molecule has 30 heavy (non-hydrogen) atoms. The van der Waals surface area contributed by atoms with Gasteiger partial charge in [-0.25, -0.2) is 0 Å². The lowest BCUT2D eigenvalue weighted by Gasteiger charge is -2.33. The van der Waals surface area contributed by atoms with E-state index in [1.165, 1.54) is 11.3 Å². The zero-order chi connectivity index (χ0) is 20.9. The van der Waals surface area contributed by atoms with Gasteiger partial charge in [0.15, 0.2) is 0 Å². The molecule has 0 spiro atoms. The highest BCUT2D eigenvalue weighted by Gasteiger charge is 2.30. The molecule has 1 saturated heterocycles. The van der Waals surface area contributed by atoms with Gasteiger partial charge in [-0.3, -0.25) is 9.59 Å². The van der Waals surface area contributed by atoms with E-state index in [0.717, 1.165) is 22.1 Å². The summed E-state index contributed by atoms with van der Waals surface area (Å²) in [6, 6.07) is 20.9. The number of carbonyl (C=O) groups excluding carboxylic acids is 2. The van der Waals surface area contributed by atoms with Crippen LogP contribution in [0.1, 0.15) is 22.5 Å². The molecule has 0 unspecified atom stereocenters. The van der Waals surface area contributed by atoms with Gasteiger partial charge in [-0.2, -0.15) is 0 Å². The lowest BCUT2D eigenvalue weighted by molar-refractivity contribution is -0.123. The topological polar surface area (TPSA) is 49.9 Å². The van der Waals surface area contributed by atoms with Gasteiger partial charge in [0.2, 0.25) is 5.91 Å². The van der Waals surface area contributed by atoms with E-state index in [2.05, 4.69) is 0 Å². The van der Waals surface area contributed by atoms with Crippen molar-refractivity contribution in [2.75, 3.05) is 25.0 Å². The predicted molar refractivity (Wildman–Crippen MR) is 119 cm³/mol. The number of para-hydroxylation sites is 1. The van der Waals surface area contributed by atoms with E-state index in [9.17, 15) is 9.59 Å². The van der Waals surface area contributed by atoms with Gasteiger partial charge in [0.05, 0.1) is 4.88 Å². The molecule has 0 aliphatic carbocycles. The smallest absolute Gasteiger partial charge is 0.263 e. The van der Waals surface area contributed by atoms with Crippen LogP contribution in [0, 0.1) is 5.92 Å².